The number of ether oxygens (including phenoxy) is 1. The van der Waals surface area contributed by atoms with Crippen LogP contribution in [0.15, 0.2) is 42.9 Å². The molecule has 0 bridgehead atoms. The Bertz CT molecular complexity index is 538. The van der Waals surface area contributed by atoms with Gasteiger partial charge >= 0.3 is 0 Å². The van der Waals surface area contributed by atoms with Crippen molar-refractivity contribution in [3.05, 3.63) is 42.9 Å². The predicted octanol–water partition coefficient (Wildman–Crippen LogP) is 1.89. The Hall–Kier alpha value is -1.98. The van der Waals surface area contributed by atoms with Crippen molar-refractivity contribution >= 4 is 5.82 Å². The van der Waals surface area contributed by atoms with E-state index in [2.05, 4.69) is 26.3 Å². The molecule has 5 heteroatoms. The first kappa shape index (κ1) is 14.0. The van der Waals surface area contributed by atoms with Crippen LogP contribution in [0.3, 0.4) is 0 Å². The summed E-state index contributed by atoms with van der Waals surface area (Å²) >= 11 is 0. The Morgan fingerprint density at radius 3 is 2.67 bits per heavy atom. The lowest BCUT2D eigenvalue weighted by Crippen LogP contribution is -2.39. The minimum Gasteiger partial charge on any atom is -0.379 e. The summed E-state index contributed by atoms with van der Waals surface area (Å²) in [5, 5.41) is 3.36. The number of aromatic nitrogens is 2. The fourth-order valence-electron chi connectivity index (χ4n) is 2.37. The summed E-state index contributed by atoms with van der Waals surface area (Å²) in [4.78, 5) is 11.0. The maximum absolute atomic E-state index is 5.34. The largest absolute Gasteiger partial charge is 0.379 e. The molecule has 21 heavy (non-hydrogen) atoms. The van der Waals surface area contributed by atoms with Gasteiger partial charge in [0.25, 0.3) is 0 Å². The monoisotopic (exact) mass is 284 g/mol. The molecule has 3 rings (SSSR count). The van der Waals surface area contributed by atoms with E-state index in [-0.39, 0.29) is 0 Å². The molecule has 1 aliphatic heterocycles. The number of rotatable bonds is 5. The van der Waals surface area contributed by atoms with Gasteiger partial charge in [0.2, 0.25) is 0 Å². The van der Waals surface area contributed by atoms with Crippen LogP contribution in [0.1, 0.15) is 0 Å². The molecule has 0 amide bonds. The summed E-state index contributed by atoms with van der Waals surface area (Å²) in [6, 6.07) is 8.06. The Labute approximate surface area is 125 Å². The molecular formula is C16H20N4O. The van der Waals surface area contributed by atoms with Gasteiger partial charge in [-0.2, -0.15) is 0 Å². The van der Waals surface area contributed by atoms with E-state index >= 15 is 0 Å². The maximum Gasteiger partial charge on any atom is 0.125 e. The highest BCUT2D eigenvalue weighted by Gasteiger charge is 2.09. The summed E-state index contributed by atoms with van der Waals surface area (Å²) in [5.41, 5.74) is 2.17. The number of morpholine rings is 1. The normalized spacial score (nSPS) is 15.8. The number of hydrogen-bond acceptors (Lipinski definition) is 5. The molecule has 110 valence electrons. The first-order chi connectivity index (χ1) is 10.4. The number of nitrogens with one attached hydrogen (secondary N) is 1. The molecule has 1 N–H and O–H groups in total. The minimum atomic E-state index is 0.845. The zero-order valence-corrected chi connectivity index (χ0v) is 12.0. The average Bonchev–Trinajstić information content (AvgIpc) is 2.57. The smallest absolute Gasteiger partial charge is 0.125 e. The zero-order chi connectivity index (χ0) is 14.3. The second kappa shape index (κ2) is 7.15. The third-order valence-electron chi connectivity index (χ3n) is 3.60. The molecule has 2 aromatic heterocycles. The van der Waals surface area contributed by atoms with Crippen molar-refractivity contribution < 1.29 is 4.74 Å². The number of anilines is 1. The number of nitrogens with zero attached hydrogens (tertiary/aromatic N) is 3. The van der Waals surface area contributed by atoms with Crippen LogP contribution in [0.5, 0.6) is 0 Å². The van der Waals surface area contributed by atoms with Gasteiger partial charge in [0.05, 0.1) is 13.2 Å². The molecule has 0 spiro atoms. The average molecular weight is 284 g/mol. The van der Waals surface area contributed by atoms with Gasteiger partial charge in [0.15, 0.2) is 0 Å². The van der Waals surface area contributed by atoms with Crippen LogP contribution in [0.25, 0.3) is 11.1 Å². The van der Waals surface area contributed by atoms with E-state index in [1.54, 1.807) is 6.20 Å². The van der Waals surface area contributed by atoms with Gasteiger partial charge in [-0.3, -0.25) is 9.88 Å². The molecule has 0 radical (unpaired) electrons. The van der Waals surface area contributed by atoms with Crippen molar-refractivity contribution in [3.8, 4) is 11.1 Å². The van der Waals surface area contributed by atoms with Crippen LogP contribution < -0.4 is 5.32 Å². The summed E-state index contributed by atoms with van der Waals surface area (Å²) in [5.74, 6) is 0.913. The van der Waals surface area contributed by atoms with E-state index < -0.39 is 0 Å². The Morgan fingerprint density at radius 1 is 1.10 bits per heavy atom. The van der Waals surface area contributed by atoms with Gasteiger partial charge < -0.3 is 10.1 Å². The van der Waals surface area contributed by atoms with Crippen molar-refractivity contribution in [2.45, 2.75) is 0 Å². The van der Waals surface area contributed by atoms with Crippen LogP contribution in [0.2, 0.25) is 0 Å². The fraction of sp³-hybridized carbons (Fsp3) is 0.375. The van der Waals surface area contributed by atoms with Gasteiger partial charge in [0.1, 0.15) is 5.82 Å². The third-order valence-corrected chi connectivity index (χ3v) is 3.60. The molecule has 2 aromatic rings. The standard InChI is InChI=1S/C16H20N4O/c1-2-14(12-17-5-1)15-3-4-16(19-13-15)18-6-7-20-8-10-21-11-9-20/h1-5,12-13H,6-11H2,(H,18,19). The second-order valence-corrected chi connectivity index (χ2v) is 5.05. The molecule has 0 aliphatic carbocycles. The summed E-state index contributed by atoms with van der Waals surface area (Å²) < 4.78 is 5.34. The Morgan fingerprint density at radius 2 is 1.95 bits per heavy atom. The second-order valence-electron chi connectivity index (χ2n) is 5.05. The van der Waals surface area contributed by atoms with E-state index in [1.165, 1.54) is 0 Å². The van der Waals surface area contributed by atoms with Gasteiger partial charge in [-0.05, 0) is 18.2 Å². The number of hydrogen-bond donors (Lipinski definition) is 1. The zero-order valence-electron chi connectivity index (χ0n) is 12.0. The Balaban J connectivity index is 1.50. The quantitative estimate of drug-likeness (QED) is 0.908. The molecule has 0 atom stereocenters. The van der Waals surface area contributed by atoms with E-state index in [1.807, 2.05) is 30.6 Å². The van der Waals surface area contributed by atoms with Crippen LogP contribution in [-0.4, -0.2) is 54.3 Å². The molecule has 3 heterocycles. The van der Waals surface area contributed by atoms with Crippen LogP contribution in [0, 0.1) is 0 Å². The summed E-state index contributed by atoms with van der Waals surface area (Å²) in [7, 11) is 0. The molecule has 1 aliphatic rings. The van der Waals surface area contributed by atoms with Gasteiger partial charge in [-0.15, -0.1) is 0 Å². The lowest BCUT2D eigenvalue weighted by molar-refractivity contribution is 0.0398. The lowest BCUT2D eigenvalue weighted by atomic mass is 10.1. The SMILES string of the molecule is c1cncc(-c2ccc(NCCN3CCOCC3)nc2)c1. The van der Waals surface area contributed by atoms with Crippen molar-refractivity contribution in [2.24, 2.45) is 0 Å². The van der Waals surface area contributed by atoms with E-state index in [0.29, 0.717) is 0 Å². The molecule has 0 unspecified atom stereocenters. The summed E-state index contributed by atoms with van der Waals surface area (Å²) in [6.07, 6.45) is 5.51. The van der Waals surface area contributed by atoms with Gasteiger partial charge in [-0.25, -0.2) is 4.98 Å². The van der Waals surface area contributed by atoms with Crippen LogP contribution >= 0.6 is 0 Å². The van der Waals surface area contributed by atoms with Crippen molar-refractivity contribution in [1.29, 1.82) is 0 Å². The first-order valence-electron chi connectivity index (χ1n) is 7.32. The predicted molar refractivity (Wildman–Crippen MR) is 83.2 cm³/mol. The fourth-order valence-corrected chi connectivity index (χ4v) is 2.37. The maximum atomic E-state index is 5.34. The van der Waals surface area contributed by atoms with Crippen LogP contribution in [-0.2, 0) is 4.74 Å². The minimum absolute atomic E-state index is 0.845. The molecule has 0 saturated carbocycles. The number of pyridine rings is 2. The molecule has 5 nitrogen and oxygen atoms in total. The van der Waals surface area contributed by atoms with E-state index in [9.17, 15) is 0 Å². The third kappa shape index (κ3) is 4.00. The van der Waals surface area contributed by atoms with Gasteiger partial charge in [0, 0.05) is 55.9 Å². The van der Waals surface area contributed by atoms with E-state index in [0.717, 1.165) is 56.3 Å². The molecule has 1 saturated heterocycles. The molecular weight excluding hydrogens is 264 g/mol. The van der Waals surface area contributed by atoms with Crippen molar-refractivity contribution in [1.82, 2.24) is 14.9 Å². The highest BCUT2D eigenvalue weighted by Crippen LogP contribution is 2.17. The van der Waals surface area contributed by atoms with Crippen LogP contribution in [0.4, 0.5) is 5.82 Å². The molecule has 0 aromatic carbocycles. The lowest BCUT2D eigenvalue weighted by Gasteiger charge is -2.26. The molecule has 1 fully saturated rings. The van der Waals surface area contributed by atoms with Crippen molar-refractivity contribution in [3.63, 3.8) is 0 Å². The first-order valence-corrected chi connectivity index (χ1v) is 7.32. The van der Waals surface area contributed by atoms with Crippen molar-refractivity contribution in [2.75, 3.05) is 44.7 Å². The topological polar surface area (TPSA) is 50.3 Å². The summed E-state index contributed by atoms with van der Waals surface area (Å²) in [6.45, 7) is 5.66. The highest BCUT2D eigenvalue weighted by molar-refractivity contribution is 5.62. The highest BCUT2D eigenvalue weighted by atomic mass is 16.5. The van der Waals surface area contributed by atoms with E-state index in [4.69, 9.17) is 4.74 Å². The van der Waals surface area contributed by atoms with Gasteiger partial charge in [-0.1, -0.05) is 6.07 Å². The Kier molecular flexibility index (Phi) is 4.76.